The molecule has 7 nitrogen and oxygen atoms in total. The average Bonchev–Trinajstić information content (AvgIpc) is 3.12. The number of likely N-dealkylation sites (N-methyl/N-ethyl adjacent to an activating group) is 1. The Morgan fingerprint density at radius 2 is 1.72 bits per heavy atom. The number of hydrogen-bond acceptors (Lipinski definition) is 6. The van der Waals surface area contributed by atoms with Crippen LogP contribution < -0.4 is 10.6 Å². The zero-order valence-electron chi connectivity index (χ0n) is 16.9. The largest absolute Gasteiger partial charge is 0.367 e. The van der Waals surface area contributed by atoms with Gasteiger partial charge < -0.3 is 15.5 Å². The SMILES string of the molecule is Cc1ccccc1-c1cc(Nc2n[nH]c3ccccc23)nnc1NCCN(C)C. The molecule has 0 fully saturated rings. The van der Waals surface area contributed by atoms with Gasteiger partial charge in [0.2, 0.25) is 0 Å². The Bertz CT molecular complexity index is 1120. The molecule has 0 spiro atoms. The van der Waals surface area contributed by atoms with Crippen molar-refractivity contribution in [3.05, 3.63) is 60.2 Å². The second-order valence-corrected chi connectivity index (χ2v) is 7.28. The number of aryl methyl sites for hydroxylation is 1. The second-order valence-electron chi connectivity index (χ2n) is 7.28. The number of hydrogen-bond donors (Lipinski definition) is 3. The van der Waals surface area contributed by atoms with E-state index in [0.29, 0.717) is 5.82 Å². The van der Waals surface area contributed by atoms with Crippen molar-refractivity contribution in [3.8, 4) is 11.1 Å². The van der Waals surface area contributed by atoms with Gasteiger partial charge in [-0.1, -0.05) is 36.4 Å². The predicted octanol–water partition coefficient (Wildman–Crippen LogP) is 4.05. The highest BCUT2D eigenvalue weighted by atomic mass is 15.3. The van der Waals surface area contributed by atoms with Gasteiger partial charge in [0, 0.05) is 24.0 Å². The van der Waals surface area contributed by atoms with Crippen molar-refractivity contribution < 1.29 is 0 Å². The molecule has 4 aromatic rings. The van der Waals surface area contributed by atoms with Crippen molar-refractivity contribution >= 4 is 28.4 Å². The molecule has 2 aromatic heterocycles. The number of nitrogens with zero attached hydrogens (tertiary/aromatic N) is 4. The minimum absolute atomic E-state index is 0.652. The summed E-state index contributed by atoms with van der Waals surface area (Å²) < 4.78 is 0. The van der Waals surface area contributed by atoms with Crippen molar-refractivity contribution in [1.29, 1.82) is 0 Å². The molecular weight excluding hydrogens is 362 g/mol. The molecule has 0 unspecified atom stereocenters. The van der Waals surface area contributed by atoms with E-state index in [1.807, 2.05) is 42.5 Å². The molecule has 148 valence electrons. The third kappa shape index (κ3) is 4.20. The zero-order valence-corrected chi connectivity index (χ0v) is 16.9. The van der Waals surface area contributed by atoms with Gasteiger partial charge in [0.25, 0.3) is 0 Å². The Balaban J connectivity index is 1.69. The van der Waals surface area contributed by atoms with E-state index < -0.39 is 0 Å². The first-order valence-corrected chi connectivity index (χ1v) is 9.64. The molecule has 4 rings (SSSR count). The van der Waals surface area contributed by atoms with E-state index in [1.54, 1.807) is 0 Å². The summed E-state index contributed by atoms with van der Waals surface area (Å²) in [6.45, 7) is 3.80. The number of H-pyrrole nitrogens is 1. The Kier molecular flexibility index (Phi) is 5.39. The maximum absolute atomic E-state index is 4.47. The van der Waals surface area contributed by atoms with E-state index >= 15 is 0 Å². The van der Waals surface area contributed by atoms with Crippen LogP contribution in [0.2, 0.25) is 0 Å². The number of nitrogens with one attached hydrogen (secondary N) is 3. The van der Waals surface area contributed by atoms with Gasteiger partial charge in [-0.2, -0.15) is 5.10 Å². The normalized spacial score (nSPS) is 11.2. The lowest BCUT2D eigenvalue weighted by Crippen LogP contribution is -2.21. The van der Waals surface area contributed by atoms with Crippen molar-refractivity contribution in [1.82, 2.24) is 25.3 Å². The molecule has 0 bridgehead atoms. The van der Waals surface area contributed by atoms with Crippen LogP contribution in [0.3, 0.4) is 0 Å². The van der Waals surface area contributed by atoms with E-state index in [4.69, 9.17) is 0 Å². The monoisotopic (exact) mass is 387 g/mol. The van der Waals surface area contributed by atoms with Crippen LogP contribution in [0.5, 0.6) is 0 Å². The number of fused-ring (bicyclic) bond motifs is 1. The Hall–Kier alpha value is -3.45. The minimum Gasteiger partial charge on any atom is -0.367 e. The van der Waals surface area contributed by atoms with Crippen molar-refractivity contribution in [2.75, 3.05) is 37.8 Å². The van der Waals surface area contributed by atoms with Gasteiger partial charge >= 0.3 is 0 Å². The molecule has 3 N–H and O–H groups in total. The molecule has 0 aliphatic heterocycles. The third-order valence-corrected chi connectivity index (χ3v) is 4.80. The molecule has 0 saturated heterocycles. The van der Waals surface area contributed by atoms with Gasteiger partial charge in [-0.05, 0) is 50.3 Å². The van der Waals surface area contributed by atoms with Crippen LogP contribution in [0.1, 0.15) is 5.56 Å². The van der Waals surface area contributed by atoms with Crippen LogP contribution in [0.15, 0.2) is 54.6 Å². The minimum atomic E-state index is 0.652. The molecule has 29 heavy (non-hydrogen) atoms. The third-order valence-electron chi connectivity index (χ3n) is 4.80. The number of benzene rings is 2. The number of aromatic nitrogens is 4. The number of para-hydroxylation sites is 1. The quantitative estimate of drug-likeness (QED) is 0.444. The van der Waals surface area contributed by atoms with E-state index in [-0.39, 0.29) is 0 Å². The number of anilines is 3. The van der Waals surface area contributed by atoms with E-state index in [1.165, 1.54) is 5.56 Å². The first kappa shape index (κ1) is 18.9. The summed E-state index contributed by atoms with van der Waals surface area (Å²) >= 11 is 0. The van der Waals surface area contributed by atoms with E-state index in [2.05, 4.69) is 69.1 Å². The molecule has 0 radical (unpaired) electrons. The highest BCUT2D eigenvalue weighted by Crippen LogP contribution is 2.31. The predicted molar refractivity (Wildman–Crippen MR) is 119 cm³/mol. The second kappa shape index (κ2) is 8.28. The first-order valence-electron chi connectivity index (χ1n) is 9.64. The Labute approximate surface area is 170 Å². The summed E-state index contributed by atoms with van der Waals surface area (Å²) in [5.41, 5.74) is 4.31. The molecule has 0 aliphatic rings. The van der Waals surface area contributed by atoms with Crippen LogP contribution in [0.25, 0.3) is 22.0 Å². The fourth-order valence-electron chi connectivity index (χ4n) is 3.24. The maximum atomic E-state index is 4.47. The van der Waals surface area contributed by atoms with Gasteiger partial charge in [-0.15, -0.1) is 10.2 Å². The van der Waals surface area contributed by atoms with Gasteiger partial charge in [0.05, 0.1) is 5.52 Å². The summed E-state index contributed by atoms with van der Waals surface area (Å²) in [6, 6.07) is 18.3. The number of aromatic amines is 1. The summed E-state index contributed by atoms with van der Waals surface area (Å²) in [6.07, 6.45) is 0. The van der Waals surface area contributed by atoms with Crippen molar-refractivity contribution in [2.45, 2.75) is 6.92 Å². The highest BCUT2D eigenvalue weighted by molar-refractivity contribution is 5.91. The number of rotatable bonds is 7. The molecule has 2 aromatic carbocycles. The lowest BCUT2D eigenvalue weighted by molar-refractivity contribution is 0.425. The molecule has 0 aliphatic carbocycles. The summed E-state index contributed by atoms with van der Waals surface area (Å²) in [5.74, 6) is 2.16. The van der Waals surface area contributed by atoms with Gasteiger partial charge in [-0.3, -0.25) is 5.10 Å². The maximum Gasteiger partial charge on any atom is 0.161 e. The zero-order chi connectivity index (χ0) is 20.2. The van der Waals surface area contributed by atoms with Crippen molar-refractivity contribution in [2.24, 2.45) is 0 Å². The fraction of sp³-hybridized carbons (Fsp3) is 0.227. The van der Waals surface area contributed by atoms with Gasteiger partial charge in [-0.25, -0.2) is 0 Å². The van der Waals surface area contributed by atoms with Crippen LogP contribution in [-0.2, 0) is 0 Å². The van der Waals surface area contributed by atoms with Gasteiger partial charge in [0.1, 0.15) is 0 Å². The molecule has 0 saturated carbocycles. The standard InChI is InChI=1S/C22H25N7/c1-15-8-4-5-9-16(15)18-14-20(26-27-21(18)23-12-13-29(2)3)24-22-17-10-6-7-11-19(17)25-28-22/h4-11,14H,12-13H2,1-3H3,(H,23,27)(H2,24,25,26,28). The average molecular weight is 387 g/mol. The van der Waals surface area contributed by atoms with Crippen LogP contribution >= 0.6 is 0 Å². The summed E-state index contributed by atoms with van der Waals surface area (Å²) in [5, 5.41) is 24.0. The van der Waals surface area contributed by atoms with Crippen LogP contribution in [0, 0.1) is 6.92 Å². The molecular formula is C22H25N7. The lowest BCUT2D eigenvalue weighted by Gasteiger charge is -2.15. The first-order chi connectivity index (χ1) is 14.1. The van der Waals surface area contributed by atoms with Crippen molar-refractivity contribution in [3.63, 3.8) is 0 Å². The lowest BCUT2D eigenvalue weighted by atomic mass is 10.0. The summed E-state index contributed by atoms with van der Waals surface area (Å²) in [7, 11) is 4.10. The topological polar surface area (TPSA) is 81.8 Å². The van der Waals surface area contributed by atoms with Crippen LogP contribution in [-0.4, -0.2) is 52.5 Å². The van der Waals surface area contributed by atoms with Crippen LogP contribution in [0.4, 0.5) is 17.5 Å². The van der Waals surface area contributed by atoms with E-state index in [0.717, 1.165) is 46.8 Å². The smallest absolute Gasteiger partial charge is 0.161 e. The molecule has 0 atom stereocenters. The molecule has 7 heteroatoms. The fourth-order valence-corrected chi connectivity index (χ4v) is 3.24. The summed E-state index contributed by atoms with van der Waals surface area (Å²) in [4.78, 5) is 2.13. The highest BCUT2D eigenvalue weighted by Gasteiger charge is 2.13. The molecule has 0 amide bonds. The Morgan fingerprint density at radius 3 is 2.55 bits per heavy atom. The van der Waals surface area contributed by atoms with Gasteiger partial charge in [0.15, 0.2) is 17.5 Å². The Morgan fingerprint density at radius 1 is 0.931 bits per heavy atom. The van der Waals surface area contributed by atoms with E-state index in [9.17, 15) is 0 Å². The molecule has 2 heterocycles.